The van der Waals surface area contributed by atoms with Crippen LogP contribution >= 0.6 is 0 Å². The SMILES string of the molecule is O=C1CCC(N2Cc3cc(C4CCN(Cc5ccc(CO)cc5)CC4)ccc3C2=O)C(=O)N1. The number of carbonyl (C=O) groups is 3. The van der Waals surface area contributed by atoms with Gasteiger partial charge < -0.3 is 10.0 Å². The smallest absolute Gasteiger partial charge is 0.255 e. The van der Waals surface area contributed by atoms with Gasteiger partial charge in [-0.25, -0.2) is 0 Å². The maximum Gasteiger partial charge on any atom is 0.255 e. The molecule has 2 aromatic carbocycles. The van der Waals surface area contributed by atoms with Gasteiger partial charge in [-0.3, -0.25) is 24.6 Å². The van der Waals surface area contributed by atoms with Gasteiger partial charge in [0.05, 0.1) is 6.61 Å². The molecule has 0 saturated carbocycles. The molecule has 172 valence electrons. The summed E-state index contributed by atoms with van der Waals surface area (Å²) in [5.74, 6) is -0.293. The lowest BCUT2D eigenvalue weighted by atomic mass is 9.87. The van der Waals surface area contributed by atoms with E-state index in [0.29, 0.717) is 24.4 Å². The highest BCUT2D eigenvalue weighted by molar-refractivity contribution is 6.05. The Morgan fingerprint density at radius 1 is 0.939 bits per heavy atom. The second-order valence-corrected chi connectivity index (χ2v) is 9.34. The van der Waals surface area contributed by atoms with E-state index in [2.05, 4.69) is 34.5 Å². The molecule has 7 nitrogen and oxygen atoms in total. The molecule has 7 heteroatoms. The summed E-state index contributed by atoms with van der Waals surface area (Å²) < 4.78 is 0. The van der Waals surface area contributed by atoms with E-state index in [9.17, 15) is 19.5 Å². The van der Waals surface area contributed by atoms with Crippen LogP contribution in [0.25, 0.3) is 0 Å². The summed E-state index contributed by atoms with van der Waals surface area (Å²) in [6.45, 7) is 3.45. The molecule has 5 rings (SSSR count). The normalized spacial score (nSPS) is 21.9. The molecule has 3 heterocycles. The minimum atomic E-state index is -0.569. The number of hydrogen-bond donors (Lipinski definition) is 2. The molecule has 0 radical (unpaired) electrons. The van der Waals surface area contributed by atoms with Crippen LogP contribution in [0.3, 0.4) is 0 Å². The van der Waals surface area contributed by atoms with Gasteiger partial charge in [0.25, 0.3) is 5.91 Å². The number of benzene rings is 2. The molecule has 2 fully saturated rings. The van der Waals surface area contributed by atoms with Crippen LogP contribution in [0.2, 0.25) is 0 Å². The number of fused-ring (bicyclic) bond motifs is 1. The second-order valence-electron chi connectivity index (χ2n) is 9.34. The number of nitrogens with one attached hydrogen (secondary N) is 1. The van der Waals surface area contributed by atoms with Crippen molar-refractivity contribution in [2.45, 2.75) is 57.3 Å². The number of likely N-dealkylation sites (tertiary alicyclic amines) is 1. The van der Waals surface area contributed by atoms with Crippen molar-refractivity contribution in [1.29, 1.82) is 0 Å². The molecule has 3 aliphatic rings. The van der Waals surface area contributed by atoms with E-state index >= 15 is 0 Å². The third kappa shape index (κ3) is 4.43. The van der Waals surface area contributed by atoms with Gasteiger partial charge in [0.2, 0.25) is 11.8 Å². The Morgan fingerprint density at radius 3 is 2.36 bits per heavy atom. The molecule has 2 aromatic rings. The van der Waals surface area contributed by atoms with Crippen molar-refractivity contribution in [2.75, 3.05) is 13.1 Å². The molecule has 2 saturated heterocycles. The maximum absolute atomic E-state index is 12.9. The van der Waals surface area contributed by atoms with Crippen molar-refractivity contribution >= 4 is 17.7 Å². The highest BCUT2D eigenvalue weighted by Gasteiger charge is 2.39. The first-order chi connectivity index (χ1) is 16.0. The fraction of sp³-hybridized carbons (Fsp3) is 0.423. The predicted molar refractivity (Wildman–Crippen MR) is 122 cm³/mol. The van der Waals surface area contributed by atoms with Gasteiger partial charge in [-0.1, -0.05) is 36.4 Å². The molecule has 0 spiro atoms. The fourth-order valence-electron chi connectivity index (χ4n) is 5.28. The zero-order valence-electron chi connectivity index (χ0n) is 18.6. The van der Waals surface area contributed by atoms with Crippen molar-refractivity contribution < 1.29 is 19.5 Å². The predicted octanol–water partition coefficient (Wildman–Crippen LogP) is 2.32. The first kappa shape index (κ1) is 21.8. The first-order valence-electron chi connectivity index (χ1n) is 11.7. The van der Waals surface area contributed by atoms with Crippen LogP contribution in [0.1, 0.15) is 64.2 Å². The third-order valence-electron chi connectivity index (χ3n) is 7.22. The highest BCUT2D eigenvalue weighted by atomic mass is 16.3. The van der Waals surface area contributed by atoms with E-state index < -0.39 is 6.04 Å². The van der Waals surface area contributed by atoms with Gasteiger partial charge in [-0.15, -0.1) is 0 Å². The standard InChI is InChI=1S/C26H29N3O4/c30-16-18-3-1-17(2-4-18)14-28-11-9-19(10-12-28)20-5-6-22-21(13-20)15-29(26(22)33)23-7-8-24(31)27-25(23)32/h1-6,13,19,23,30H,7-12,14-16H2,(H,27,31,32). The molecule has 0 bridgehead atoms. The van der Waals surface area contributed by atoms with Gasteiger partial charge in [0, 0.05) is 25.1 Å². The zero-order chi connectivity index (χ0) is 22.9. The monoisotopic (exact) mass is 447 g/mol. The minimum Gasteiger partial charge on any atom is -0.392 e. The summed E-state index contributed by atoms with van der Waals surface area (Å²) in [5.41, 5.74) is 5.11. The third-order valence-corrected chi connectivity index (χ3v) is 7.22. The molecule has 1 atom stereocenters. The first-order valence-corrected chi connectivity index (χ1v) is 11.7. The number of carbonyl (C=O) groups excluding carboxylic acids is 3. The Morgan fingerprint density at radius 2 is 1.67 bits per heavy atom. The topological polar surface area (TPSA) is 90.0 Å². The number of rotatable bonds is 5. The van der Waals surface area contributed by atoms with E-state index in [1.807, 2.05) is 18.2 Å². The van der Waals surface area contributed by atoms with Crippen molar-refractivity contribution in [1.82, 2.24) is 15.1 Å². The quantitative estimate of drug-likeness (QED) is 0.687. The molecule has 0 aliphatic carbocycles. The van der Waals surface area contributed by atoms with Crippen molar-refractivity contribution in [3.05, 3.63) is 70.3 Å². The Bertz CT molecular complexity index is 1070. The number of nitrogens with zero attached hydrogens (tertiary/aromatic N) is 2. The second kappa shape index (κ2) is 9.08. The zero-order valence-corrected chi connectivity index (χ0v) is 18.6. The molecule has 33 heavy (non-hydrogen) atoms. The van der Waals surface area contributed by atoms with Crippen LogP contribution in [0, 0.1) is 0 Å². The lowest BCUT2D eigenvalue weighted by molar-refractivity contribution is -0.136. The van der Waals surface area contributed by atoms with E-state index in [1.54, 1.807) is 4.90 Å². The molecule has 3 aliphatic heterocycles. The van der Waals surface area contributed by atoms with Gasteiger partial charge in [-0.05, 0) is 66.6 Å². The molecule has 3 amide bonds. The summed E-state index contributed by atoms with van der Waals surface area (Å²) in [6, 6.07) is 13.7. The van der Waals surface area contributed by atoms with Crippen LogP contribution < -0.4 is 5.32 Å². The van der Waals surface area contributed by atoms with Crippen molar-refractivity contribution in [3.63, 3.8) is 0 Å². The van der Waals surface area contributed by atoms with Crippen molar-refractivity contribution in [2.24, 2.45) is 0 Å². The molecular weight excluding hydrogens is 418 g/mol. The van der Waals surface area contributed by atoms with E-state index in [0.717, 1.165) is 43.6 Å². The van der Waals surface area contributed by atoms with Crippen LogP contribution in [-0.2, 0) is 29.3 Å². The Hall–Kier alpha value is -3.03. The molecular formula is C26H29N3O4. The van der Waals surface area contributed by atoms with Crippen molar-refractivity contribution in [3.8, 4) is 0 Å². The number of aliphatic hydroxyl groups is 1. The van der Waals surface area contributed by atoms with Crippen LogP contribution in [0.5, 0.6) is 0 Å². The van der Waals surface area contributed by atoms with E-state index in [4.69, 9.17) is 0 Å². The Balaban J connectivity index is 1.21. The van der Waals surface area contributed by atoms with Gasteiger partial charge >= 0.3 is 0 Å². The maximum atomic E-state index is 12.9. The lowest BCUT2D eigenvalue weighted by Gasteiger charge is -2.32. The highest BCUT2D eigenvalue weighted by Crippen LogP contribution is 2.34. The Labute approximate surface area is 193 Å². The molecule has 2 N–H and O–H groups in total. The lowest BCUT2D eigenvalue weighted by Crippen LogP contribution is -2.52. The van der Waals surface area contributed by atoms with Crippen LogP contribution in [-0.4, -0.2) is 51.8 Å². The summed E-state index contributed by atoms with van der Waals surface area (Å²) >= 11 is 0. The van der Waals surface area contributed by atoms with E-state index in [-0.39, 0.29) is 30.7 Å². The number of piperidine rings is 2. The van der Waals surface area contributed by atoms with Gasteiger partial charge in [0.15, 0.2) is 0 Å². The largest absolute Gasteiger partial charge is 0.392 e. The summed E-state index contributed by atoms with van der Waals surface area (Å²) in [6.07, 6.45) is 2.79. The molecule has 0 aromatic heterocycles. The van der Waals surface area contributed by atoms with Gasteiger partial charge in [0.1, 0.15) is 6.04 Å². The fourth-order valence-corrected chi connectivity index (χ4v) is 5.28. The number of aliphatic hydroxyl groups excluding tert-OH is 1. The average molecular weight is 448 g/mol. The number of amides is 3. The molecule has 1 unspecified atom stereocenters. The number of hydrogen-bond acceptors (Lipinski definition) is 5. The Kier molecular flexibility index (Phi) is 6.00. The van der Waals surface area contributed by atoms with E-state index in [1.165, 1.54) is 11.1 Å². The minimum absolute atomic E-state index is 0.0728. The summed E-state index contributed by atoms with van der Waals surface area (Å²) in [4.78, 5) is 40.7. The van der Waals surface area contributed by atoms with Crippen LogP contribution in [0.15, 0.2) is 42.5 Å². The number of imide groups is 1. The average Bonchev–Trinajstić information content (AvgIpc) is 3.15. The van der Waals surface area contributed by atoms with Gasteiger partial charge in [-0.2, -0.15) is 0 Å². The summed E-state index contributed by atoms with van der Waals surface area (Å²) in [7, 11) is 0. The van der Waals surface area contributed by atoms with Crippen LogP contribution in [0.4, 0.5) is 0 Å². The summed E-state index contributed by atoms with van der Waals surface area (Å²) in [5, 5.41) is 11.6.